The Bertz CT molecular complexity index is 428. The van der Waals surface area contributed by atoms with Crippen molar-refractivity contribution in [1.29, 1.82) is 0 Å². The molecule has 0 spiro atoms. The lowest BCUT2D eigenvalue weighted by atomic mass is 10.1. The van der Waals surface area contributed by atoms with Gasteiger partial charge < -0.3 is 10.0 Å². The number of aromatic nitrogens is 2. The second-order valence-corrected chi connectivity index (χ2v) is 4.86. The van der Waals surface area contributed by atoms with Gasteiger partial charge in [0.2, 0.25) is 0 Å². The zero-order valence-electron chi connectivity index (χ0n) is 10.5. The number of likely N-dealkylation sites (N-methyl/N-ethyl adjacent to an activating group) is 1. The quantitative estimate of drug-likeness (QED) is 0.600. The van der Waals surface area contributed by atoms with Crippen LogP contribution in [-0.2, 0) is 0 Å². The number of nitrogens with one attached hydrogen (secondary N) is 3. The normalized spacial score (nSPS) is 13.9. The average molecular weight is 238 g/mol. The van der Waals surface area contributed by atoms with Crippen molar-refractivity contribution < 1.29 is 5.11 Å². The standard InChI is InChI=1S/C10H18N6O/c1-6-11-8-7(13-15-14-8)9(12-6)16(4)5-10(2,3)17/h13,15,17H,5H2,1-4H3,(H,11,12,14). The van der Waals surface area contributed by atoms with Gasteiger partial charge in [-0.25, -0.2) is 9.97 Å². The molecule has 7 heteroatoms. The molecule has 0 saturated carbocycles. The van der Waals surface area contributed by atoms with Gasteiger partial charge in [-0.15, -0.1) is 5.53 Å². The Hall–Kier alpha value is -1.60. The molecule has 0 bridgehead atoms. The Kier molecular flexibility index (Phi) is 2.80. The molecule has 2 heterocycles. The van der Waals surface area contributed by atoms with Crippen LogP contribution in [0.15, 0.2) is 0 Å². The fraction of sp³-hybridized carbons (Fsp3) is 0.600. The zero-order valence-corrected chi connectivity index (χ0v) is 10.5. The van der Waals surface area contributed by atoms with Crippen LogP contribution in [0.1, 0.15) is 19.7 Å². The summed E-state index contributed by atoms with van der Waals surface area (Å²) in [5.41, 5.74) is 8.65. The minimum atomic E-state index is -0.778. The van der Waals surface area contributed by atoms with Crippen molar-refractivity contribution in [1.82, 2.24) is 15.5 Å². The smallest absolute Gasteiger partial charge is 0.172 e. The molecule has 94 valence electrons. The second-order valence-electron chi connectivity index (χ2n) is 4.86. The first-order chi connectivity index (χ1) is 7.87. The van der Waals surface area contributed by atoms with Crippen LogP contribution in [0.5, 0.6) is 0 Å². The van der Waals surface area contributed by atoms with Crippen molar-refractivity contribution in [3.63, 3.8) is 0 Å². The van der Waals surface area contributed by atoms with E-state index in [0.717, 1.165) is 17.3 Å². The topological polar surface area (TPSA) is 85.3 Å². The van der Waals surface area contributed by atoms with Crippen LogP contribution in [0.3, 0.4) is 0 Å². The Morgan fingerprint density at radius 1 is 1.29 bits per heavy atom. The number of anilines is 3. The summed E-state index contributed by atoms with van der Waals surface area (Å²) in [4.78, 5) is 10.5. The van der Waals surface area contributed by atoms with Crippen molar-refractivity contribution in [3.8, 4) is 0 Å². The van der Waals surface area contributed by atoms with Gasteiger partial charge in [0.05, 0.1) is 5.60 Å². The van der Waals surface area contributed by atoms with Crippen molar-refractivity contribution in [2.75, 3.05) is 29.3 Å². The molecule has 0 saturated heterocycles. The van der Waals surface area contributed by atoms with E-state index in [0.29, 0.717) is 12.4 Å². The first-order valence-electron chi connectivity index (χ1n) is 5.46. The Balaban J connectivity index is 2.32. The van der Waals surface area contributed by atoms with Crippen molar-refractivity contribution in [2.24, 2.45) is 0 Å². The van der Waals surface area contributed by atoms with Gasteiger partial charge in [-0.1, -0.05) is 0 Å². The van der Waals surface area contributed by atoms with Gasteiger partial charge in [-0.05, 0) is 20.8 Å². The van der Waals surface area contributed by atoms with Crippen molar-refractivity contribution in [3.05, 3.63) is 5.82 Å². The third-order valence-electron chi connectivity index (χ3n) is 2.36. The third-order valence-corrected chi connectivity index (χ3v) is 2.36. The van der Waals surface area contributed by atoms with Crippen molar-refractivity contribution >= 4 is 17.3 Å². The van der Waals surface area contributed by atoms with E-state index in [4.69, 9.17) is 0 Å². The summed E-state index contributed by atoms with van der Waals surface area (Å²) < 4.78 is 0. The van der Waals surface area contributed by atoms with E-state index in [9.17, 15) is 5.11 Å². The molecule has 0 aliphatic carbocycles. The van der Waals surface area contributed by atoms with E-state index in [2.05, 4.69) is 26.4 Å². The van der Waals surface area contributed by atoms with Crippen LogP contribution >= 0.6 is 0 Å². The SMILES string of the molecule is Cc1nc2c(c(N(C)CC(C)(C)O)n1)NNN2. The predicted octanol–water partition coefficient (Wildman–Crippen LogP) is 0.249. The van der Waals surface area contributed by atoms with Crippen LogP contribution in [-0.4, -0.2) is 34.3 Å². The highest BCUT2D eigenvalue weighted by Crippen LogP contribution is 2.31. The molecule has 1 aliphatic heterocycles. The molecule has 2 rings (SSSR count). The maximum atomic E-state index is 9.83. The monoisotopic (exact) mass is 238 g/mol. The van der Waals surface area contributed by atoms with E-state index in [1.165, 1.54) is 0 Å². The van der Waals surface area contributed by atoms with Crippen LogP contribution < -0.4 is 21.3 Å². The van der Waals surface area contributed by atoms with Gasteiger partial charge in [0.1, 0.15) is 11.5 Å². The summed E-state index contributed by atoms with van der Waals surface area (Å²) >= 11 is 0. The van der Waals surface area contributed by atoms with Crippen LogP contribution in [0.25, 0.3) is 0 Å². The molecule has 0 atom stereocenters. The highest BCUT2D eigenvalue weighted by Gasteiger charge is 2.23. The summed E-state index contributed by atoms with van der Waals surface area (Å²) in [5, 5.41) is 9.83. The fourth-order valence-electron chi connectivity index (χ4n) is 1.85. The lowest BCUT2D eigenvalue weighted by Gasteiger charge is -2.27. The molecular weight excluding hydrogens is 220 g/mol. The first-order valence-corrected chi connectivity index (χ1v) is 5.46. The predicted molar refractivity (Wildman–Crippen MR) is 66.7 cm³/mol. The van der Waals surface area contributed by atoms with E-state index < -0.39 is 5.60 Å². The Morgan fingerprint density at radius 3 is 2.65 bits per heavy atom. The number of rotatable bonds is 3. The minimum absolute atomic E-state index is 0.484. The largest absolute Gasteiger partial charge is 0.389 e. The highest BCUT2D eigenvalue weighted by atomic mass is 16.3. The van der Waals surface area contributed by atoms with Gasteiger partial charge in [-0.2, -0.15) is 0 Å². The van der Waals surface area contributed by atoms with Gasteiger partial charge in [-0.3, -0.25) is 10.9 Å². The lowest BCUT2D eigenvalue weighted by molar-refractivity contribution is 0.0885. The summed E-state index contributed by atoms with van der Waals surface area (Å²) in [6.45, 7) is 5.85. The number of nitrogens with zero attached hydrogens (tertiary/aromatic N) is 3. The van der Waals surface area contributed by atoms with Crippen LogP contribution in [0, 0.1) is 6.92 Å². The molecule has 1 aliphatic rings. The van der Waals surface area contributed by atoms with E-state index in [-0.39, 0.29) is 0 Å². The summed E-state index contributed by atoms with van der Waals surface area (Å²) in [6, 6.07) is 0. The van der Waals surface area contributed by atoms with Crippen LogP contribution in [0.2, 0.25) is 0 Å². The Labute approximate surface area is 100 Å². The molecule has 0 aromatic carbocycles. The molecule has 4 N–H and O–H groups in total. The van der Waals surface area contributed by atoms with E-state index in [1.807, 2.05) is 18.9 Å². The van der Waals surface area contributed by atoms with Gasteiger partial charge in [0, 0.05) is 13.6 Å². The number of hydrogen-bond acceptors (Lipinski definition) is 7. The number of aliphatic hydroxyl groups is 1. The zero-order chi connectivity index (χ0) is 12.6. The second kappa shape index (κ2) is 4.01. The molecule has 0 unspecified atom stereocenters. The molecule has 0 amide bonds. The maximum Gasteiger partial charge on any atom is 0.172 e. The number of fused-ring (bicyclic) bond motifs is 1. The van der Waals surface area contributed by atoms with E-state index >= 15 is 0 Å². The van der Waals surface area contributed by atoms with Gasteiger partial charge >= 0.3 is 0 Å². The molecule has 1 aromatic heterocycles. The van der Waals surface area contributed by atoms with Gasteiger partial charge in [0.25, 0.3) is 0 Å². The molecule has 17 heavy (non-hydrogen) atoms. The minimum Gasteiger partial charge on any atom is -0.389 e. The fourth-order valence-corrected chi connectivity index (χ4v) is 1.85. The summed E-state index contributed by atoms with van der Waals surface area (Å²) in [6.07, 6.45) is 0. The molecule has 1 aromatic rings. The first kappa shape index (κ1) is 11.9. The summed E-state index contributed by atoms with van der Waals surface area (Å²) in [7, 11) is 1.89. The molecular formula is C10H18N6O. The Morgan fingerprint density at radius 2 is 2.00 bits per heavy atom. The number of hydrogen-bond donors (Lipinski definition) is 4. The molecule has 0 fully saturated rings. The average Bonchev–Trinajstić information content (AvgIpc) is 2.60. The maximum absolute atomic E-state index is 9.83. The molecule has 7 nitrogen and oxygen atoms in total. The lowest BCUT2D eigenvalue weighted by Crippen LogP contribution is -2.37. The number of aryl methyl sites for hydroxylation is 1. The number of hydrazine groups is 2. The van der Waals surface area contributed by atoms with E-state index in [1.54, 1.807) is 13.8 Å². The van der Waals surface area contributed by atoms with Crippen molar-refractivity contribution in [2.45, 2.75) is 26.4 Å². The molecule has 0 radical (unpaired) electrons. The van der Waals surface area contributed by atoms with Gasteiger partial charge in [0.15, 0.2) is 11.6 Å². The third kappa shape index (κ3) is 2.56. The highest BCUT2D eigenvalue weighted by molar-refractivity contribution is 5.79. The summed E-state index contributed by atoms with van der Waals surface area (Å²) in [5.74, 6) is 2.15. The van der Waals surface area contributed by atoms with Crippen LogP contribution in [0.4, 0.5) is 17.3 Å².